The molecule has 0 fully saturated rings. The molecule has 1 unspecified atom stereocenters. The van der Waals surface area contributed by atoms with E-state index in [4.69, 9.17) is 4.74 Å². The van der Waals surface area contributed by atoms with Gasteiger partial charge in [0.05, 0.1) is 0 Å². The second-order valence-corrected chi connectivity index (χ2v) is 8.73. The highest BCUT2D eigenvalue weighted by atomic mass is 19.1. The minimum absolute atomic E-state index is 0.110. The number of aryl methyl sites for hydroxylation is 1. The molecule has 0 spiro atoms. The summed E-state index contributed by atoms with van der Waals surface area (Å²) >= 11 is 0. The van der Waals surface area contributed by atoms with Crippen molar-refractivity contribution in [3.05, 3.63) is 66.5 Å². The summed E-state index contributed by atoms with van der Waals surface area (Å²) in [4.78, 5) is 9.13. The Labute approximate surface area is 198 Å². The summed E-state index contributed by atoms with van der Waals surface area (Å²) in [6.45, 7) is 4.47. The van der Waals surface area contributed by atoms with E-state index in [0.29, 0.717) is 12.2 Å². The minimum atomic E-state index is -0.910. The summed E-state index contributed by atoms with van der Waals surface area (Å²) in [6, 6.07) is 16.3. The Morgan fingerprint density at radius 2 is 1.36 bits per heavy atom. The average molecular weight is 449 g/mol. The van der Waals surface area contributed by atoms with Gasteiger partial charge in [-0.3, -0.25) is 0 Å². The maximum Gasteiger partial charge on any atom is 0.159 e. The van der Waals surface area contributed by atoms with Gasteiger partial charge in [-0.25, -0.2) is 14.4 Å². The minimum Gasteiger partial charge on any atom is -0.491 e. The second kappa shape index (κ2) is 13.7. The van der Waals surface area contributed by atoms with Gasteiger partial charge in [0.2, 0.25) is 0 Å². The zero-order chi connectivity index (χ0) is 23.3. The second-order valence-electron chi connectivity index (χ2n) is 8.73. The number of aromatic nitrogens is 2. The normalized spacial score (nSPS) is 12.0. The number of benzene rings is 2. The van der Waals surface area contributed by atoms with Gasteiger partial charge in [0.15, 0.2) is 5.82 Å². The largest absolute Gasteiger partial charge is 0.491 e. The Bertz CT molecular complexity index is 923. The van der Waals surface area contributed by atoms with Gasteiger partial charge in [-0.1, -0.05) is 88.8 Å². The van der Waals surface area contributed by atoms with E-state index in [9.17, 15) is 4.39 Å². The van der Waals surface area contributed by atoms with Gasteiger partial charge in [0, 0.05) is 23.5 Å². The summed E-state index contributed by atoms with van der Waals surface area (Å²) < 4.78 is 19.5. The fourth-order valence-corrected chi connectivity index (χ4v) is 3.83. The Morgan fingerprint density at radius 3 is 2.03 bits per heavy atom. The molecule has 0 saturated heterocycles. The molecule has 0 amide bonds. The van der Waals surface area contributed by atoms with Gasteiger partial charge in [0.1, 0.15) is 18.5 Å². The van der Waals surface area contributed by atoms with Gasteiger partial charge in [-0.2, -0.15) is 0 Å². The summed E-state index contributed by atoms with van der Waals surface area (Å²) in [7, 11) is 0. The van der Waals surface area contributed by atoms with Crippen LogP contribution >= 0.6 is 0 Å². The van der Waals surface area contributed by atoms with E-state index in [1.165, 1.54) is 31.2 Å². The van der Waals surface area contributed by atoms with E-state index >= 15 is 0 Å². The average Bonchev–Trinajstić information content (AvgIpc) is 2.86. The predicted molar refractivity (Wildman–Crippen MR) is 135 cm³/mol. The van der Waals surface area contributed by atoms with E-state index in [0.717, 1.165) is 48.2 Å². The molecule has 1 aromatic heterocycles. The van der Waals surface area contributed by atoms with E-state index in [1.807, 2.05) is 36.7 Å². The van der Waals surface area contributed by atoms with E-state index in [2.05, 4.69) is 48.1 Å². The molecule has 0 aliphatic rings. The first-order chi connectivity index (χ1) is 16.2. The highest BCUT2D eigenvalue weighted by Gasteiger charge is 2.08. The molecule has 4 heteroatoms. The summed E-state index contributed by atoms with van der Waals surface area (Å²) in [5.74, 6) is 1.41. The summed E-state index contributed by atoms with van der Waals surface area (Å²) in [5, 5.41) is 0. The van der Waals surface area contributed by atoms with Crippen LogP contribution in [0.15, 0.2) is 60.9 Å². The van der Waals surface area contributed by atoms with Crippen LogP contribution < -0.4 is 4.74 Å². The lowest BCUT2D eigenvalue weighted by molar-refractivity contribution is 0.184. The van der Waals surface area contributed by atoms with Crippen molar-refractivity contribution in [2.75, 3.05) is 6.61 Å². The fourth-order valence-electron chi connectivity index (χ4n) is 3.83. The molecule has 2 aromatic carbocycles. The molecule has 33 heavy (non-hydrogen) atoms. The van der Waals surface area contributed by atoms with E-state index < -0.39 is 6.17 Å². The number of alkyl halides is 1. The predicted octanol–water partition coefficient (Wildman–Crippen LogP) is 8.23. The molecular formula is C29H37FN2O. The maximum absolute atomic E-state index is 13.9. The lowest BCUT2D eigenvalue weighted by Gasteiger charge is -2.11. The lowest BCUT2D eigenvalue weighted by Crippen LogP contribution is -2.12. The van der Waals surface area contributed by atoms with Crippen LogP contribution in [0.3, 0.4) is 0 Å². The van der Waals surface area contributed by atoms with Crippen molar-refractivity contribution in [3.8, 4) is 28.3 Å². The van der Waals surface area contributed by atoms with E-state index in [1.54, 1.807) is 0 Å². The molecule has 0 saturated carbocycles. The lowest BCUT2D eigenvalue weighted by atomic mass is 10.0. The molecule has 1 atom stereocenters. The van der Waals surface area contributed by atoms with Crippen LogP contribution in [0.1, 0.15) is 70.8 Å². The van der Waals surface area contributed by atoms with Crippen LogP contribution in [0.25, 0.3) is 22.5 Å². The van der Waals surface area contributed by atoms with Crippen LogP contribution in [0, 0.1) is 0 Å². The number of ether oxygens (including phenoxy) is 1. The number of nitrogens with zero attached hydrogens (tertiary/aromatic N) is 2. The number of unbranched alkanes of at least 4 members (excludes halogenated alkanes) is 5. The monoisotopic (exact) mass is 448 g/mol. The third kappa shape index (κ3) is 8.27. The first kappa shape index (κ1) is 24.9. The number of hydrogen-bond donors (Lipinski definition) is 0. The zero-order valence-corrected chi connectivity index (χ0v) is 20.1. The number of hydrogen-bond acceptors (Lipinski definition) is 3. The standard InChI is InChI=1S/C29H37FN2O/c1-3-5-7-9-10-23-12-14-25(15-13-23)29-31-20-26(21-32-29)24-16-18-28(19-17-24)33-22-27(30)11-8-6-4-2/h12-21,27H,3-11,22H2,1-2H3. The first-order valence-corrected chi connectivity index (χ1v) is 12.5. The molecule has 3 aromatic rings. The fraction of sp³-hybridized carbons (Fsp3) is 0.448. The highest BCUT2D eigenvalue weighted by molar-refractivity contribution is 5.64. The van der Waals surface area contributed by atoms with E-state index in [-0.39, 0.29) is 6.61 Å². The number of rotatable bonds is 14. The van der Waals surface area contributed by atoms with Crippen molar-refractivity contribution in [1.82, 2.24) is 9.97 Å². The Balaban J connectivity index is 1.52. The van der Waals surface area contributed by atoms with Crippen LogP contribution in [0.5, 0.6) is 5.75 Å². The zero-order valence-electron chi connectivity index (χ0n) is 20.1. The maximum atomic E-state index is 13.9. The highest BCUT2D eigenvalue weighted by Crippen LogP contribution is 2.24. The summed E-state index contributed by atoms with van der Waals surface area (Å²) in [6.07, 6.45) is 12.7. The molecular weight excluding hydrogens is 411 g/mol. The van der Waals surface area contributed by atoms with Gasteiger partial charge in [0.25, 0.3) is 0 Å². The van der Waals surface area contributed by atoms with Gasteiger partial charge in [-0.15, -0.1) is 0 Å². The Morgan fingerprint density at radius 1 is 0.727 bits per heavy atom. The topological polar surface area (TPSA) is 35.0 Å². The molecule has 0 radical (unpaired) electrons. The van der Waals surface area contributed by atoms with Crippen LogP contribution in [-0.2, 0) is 6.42 Å². The van der Waals surface area contributed by atoms with Gasteiger partial charge >= 0.3 is 0 Å². The third-order valence-corrected chi connectivity index (χ3v) is 5.92. The Kier molecular flexibility index (Phi) is 10.3. The summed E-state index contributed by atoms with van der Waals surface area (Å²) in [5.41, 5.74) is 4.35. The third-order valence-electron chi connectivity index (χ3n) is 5.92. The van der Waals surface area contributed by atoms with Gasteiger partial charge < -0.3 is 4.74 Å². The SMILES string of the molecule is CCCCCCc1ccc(-c2ncc(-c3ccc(OCC(F)CCCCC)cc3)cn2)cc1. The van der Waals surface area contributed by atoms with Crippen molar-refractivity contribution in [1.29, 1.82) is 0 Å². The number of halogens is 1. The van der Waals surface area contributed by atoms with Crippen molar-refractivity contribution < 1.29 is 9.13 Å². The molecule has 176 valence electrons. The molecule has 3 rings (SSSR count). The van der Waals surface area contributed by atoms with Crippen molar-refractivity contribution in [3.63, 3.8) is 0 Å². The van der Waals surface area contributed by atoms with Crippen molar-refractivity contribution in [2.24, 2.45) is 0 Å². The van der Waals surface area contributed by atoms with Gasteiger partial charge in [-0.05, 0) is 42.5 Å². The molecule has 0 bridgehead atoms. The molecule has 3 nitrogen and oxygen atoms in total. The Hall–Kier alpha value is -2.75. The van der Waals surface area contributed by atoms with Crippen molar-refractivity contribution >= 4 is 0 Å². The van der Waals surface area contributed by atoms with Crippen molar-refractivity contribution in [2.45, 2.75) is 77.8 Å². The quantitative estimate of drug-likeness (QED) is 0.233. The smallest absolute Gasteiger partial charge is 0.159 e. The van der Waals surface area contributed by atoms with Crippen LogP contribution in [0.4, 0.5) is 4.39 Å². The molecule has 0 aliphatic heterocycles. The van der Waals surface area contributed by atoms with Crippen LogP contribution in [-0.4, -0.2) is 22.7 Å². The molecule has 0 N–H and O–H groups in total. The van der Waals surface area contributed by atoms with Crippen LogP contribution in [0.2, 0.25) is 0 Å². The molecule has 0 aliphatic carbocycles. The first-order valence-electron chi connectivity index (χ1n) is 12.5. The molecule has 1 heterocycles.